The molecule has 2 spiro atoms. The number of aliphatic imine (C=N–C) groups is 1. The lowest BCUT2D eigenvalue weighted by Gasteiger charge is -2.24. The van der Waals surface area contributed by atoms with E-state index in [1.165, 1.54) is 30.3 Å². The molecule has 8 N–H and O–H groups in total. The van der Waals surface area contributed by atoms with Crippen molar-refractivity contribution in [2.45, 2.75) is 54.2 Å². The molecule has 4 fully saturated rings. The van der Waals surface area contributed by atoms with Crippen LogP contribution in [0.25, 0.3) is 0 Å². The van der Waals surface area contributed by atoms with E-state index in [-0.39, 0.29) is 52.8 Å². The van der Waals surface area contributed by atoms with Crippen molar-refractivity contribution in [3.05, 3.63) is 113 Å². The standard InChI is InChI=1S/C44H45N9O7S/c45-61(59,60)28-13-11-26(12-14-28)49-42(58)50-27-15-16-53(22-27)41-51-36-35-32(44(35)23-43(38(56)39(44)57)18-31(43)29-17-34(55)46-21-33(29)54)20-47-37(36)40(52-41)48-19-30(24-7-3-1-4-8-24)25-9-5-2-6-10-25/h1-14,17,20,27,30-32,35,38-39,56-57H,15-16,18-19,21-23H2,(H,46,55)(H2,45,59,60)(H,48,51,52)(H2,49,50,58)/t27-,31+,32?,35?,38+,39-,43+,44?/m1/s1. The lowest BCUT2D eigenvalue weighted by molar-refractivity contribution is -0.122. The van der Waals surface area contributed by atoms with Gasteiger partial charge < -0.3 is 36.4 Å². The molecule has 3 unspecified atom stereocenters. The highest BCUT2D eigenvalue weighted by atomic mass is 32.2. The maximum Gasteiger partial charge on any atom is 0.319 e. The predicted octanol–water partition coefficient (Wildman–Crippen LogP) is 2.94. The van der Waals surface area contributed by atoms with Crippen LogP contribution in [0.2, 0.25) is 0 Å². The van der Waals surface area contributed by atoms with Crippen LogP contribution in [-0.2, 0) is 19.6 Å². The number of anilines is 3. The minimum absolute atomic E-state index is 0.0313. The van der Waals surface area contributed by atoms with Crippen LogP contribution in [0.4, 0.5) is 27.9 Å². The monoisotopic (exact) mass is 843 g/mol. The molecule has 61 heavy (non-hydrogen) atoms. The second-order valence-corrected chi connectivity index (χ2v) is 18.7. The van der Waals surface area contributed by atoms with Gasteiger partial charge in [-0.25, -0.2) is 23.3 Å². The Morgan fingerprint density at radius 3 is 2.36 bits per heavy atom. The molecule has 6 aliphatic rings. The van der Waals surface area contributed by atoms with Crippen molar-refractivity contribution in [1.29, 1.82) is 0 Å². The second-order valence-electron chi connectivity index (χ2n) is 17.2. The van der Waals surface area contributed by atoms with Crippen LogP contribution in [0.3, 0.4) is 0 Å². The highest BCUT2D eigenvalue weighted by Crippen LogP contribution is 2.82. The van der Waals surface area contributed by atoms with Crippen LogP contribution in [0.1, 0.15) is 47.9 Å². The molecule has 0 bridgehead atoms. The first-order valence-electron chi connectivity index (χ1n) is 20.5. The SMILES string of the molecule is NS(=O)(=O)c1ccc(NC(=O)N[C@@H]2CCN(c3nc(NCC(c4ccccc4)c4ccccc4)c4c(n3)C3C(C=N4)C34C[C@]3(C[C@H]3C3=CC(=O)NCC3=O)[C@@H](O)[C@H]4O)C2)cc1. The first-order valence-corrected chi connectivity index (χ1v) is 22.0. The maximum absolute atomic E-state index is 13.1. The van der Waals surface area contributed by atoms with Gasteiger partial charge in [0.15, 0.2) is 11.6 Å². The Morgan fingerprint density at radius 2 is 1.67 bits per heavy atom. The highest BCUT2D eigenvalue weighted by Gasteiger charge is 2.82. The number of fused-ring (bicyclic) bond motifs is 5. The Hall–Kier alpha value is -6.01. The van der Waals surface area contributed by atoms with Crippen LogP contribution >= 0.6 is 0 Å². The number of carbonyl (C=O) groups is 3. The summed E-state index contributed by atoms with van der Waals surface area (Å²) in [5.74, 6) is -0.383. The third kappa shape index (κ3) is 6.75. The number of ketones is 1. The van der Waals surface area contributed by atoms with Crippen molar-refractivity contribution >= 4 is 57.1 Å². The van der Waals surface area contributed by atoms with E-state index < -0.39 is 39.1 Å². The smallest absolute Gasteiger partial charge is 0.319 e. The van der Waals surface area contributed by atoms with E-state index in [2.05, 4.69) is 45.5 Å². The fourth-order valence-electron chi connectivity index (χ4n) is 10.6. The van der Waals surface area contributed by atoms with E-state index in [0.717, 1.165) is 11.1 Å². The normalized spacial score (nSPS) is 29.6. The van der Waals surface area contributed by atoms with E-state index in [1.807, 2.05) is 47.5 Å². The van der Waals surface area contributed by atoms with E-state index in [9.17, 15) is 33.0 Å². The number of nitrogens with zero attached hydrogens (tertiary/aromatic N) is 4. The molecule has 3 aromatic carbocycles. The largest absolute Gasteiger partial charge is 0.390 e. The van der Waals surface area contributed by atoms with Crippen molar-refractivity contribution in [2.75, 3.05) is 41.7 Å². The number of primary sulfonamides is 1. The predicted molar refractivity (Wildman–Crippen MR) is 226 cm³/mol. The number of rotatable bonds is 10. The van der Waals surface area contributed by atoms with Crippen LogP contribution in [-0.4, -0.2) is 97.0 Å². The van der Waals surface area contributed by atoms with Crippen molar-refractivity contribution in [3.63, 3.8) is 0 Å². The molecule has 4 heterocycles. The number of nitrogens with two attached hydrogens (primary N) is 1. The number of amides is 3. The molecule has 3 amide bonds. The number of hydrogen-bond acceptors (Lipinski definition) is 12. The molecule has 3 aliphatic carbocycles. The molecule has 3 saturated carbocycles. The number of nitrogens with one attached hydrogen (secondary N) is 4. The summed E-state index contributed by atoms with van der Waals surface area (Å²) in [6, 6.07) is 25.3. The number of benzene rings is 3. The average molecular weight is 844 g/mol. The zero-order valence-electron chi connectivity index (χ0n) is 32.9. The summed E-state index contributed by atoms with van der Waals surface area (Å²) < 4.78 is 23.3. The second kappa shape index (κ2) is 14.6. The number of aliphatic hydroxyl groups excluding tert-OH is 2. The van der Waals surface area contributed by atoms with E-state index in [1.54, 1.807) is 0 Å². The first kappa shape index (κ1) is 39.1. The third-order valence-corrected chi connectivity index (χ3v) is 14.7. The van der Waals surface area contributed by atoms with E-state index in [0.29, 0.717) is 73.3 Å². The van der Waals surface area contributed by atoms with Gasteiger partial charge in [0.05, 0.1) is 29.3 Å². The van der Waals surface area contributed by atoms with Crippen LogP contribution in [0, 0.1) is 22.7 Å². The highest BCUT2D eigenvalue weighted by molar-refractivity contribution is 7.89. The summed E-state index contributed by atoms with van der Waals surface area (Å²) in [5, 5.41) is 40.8. The van der Waals surface area contributed by atoms with Gasteiger partial charge >= 0.3 is 6.03 Å². The first-order chi connectivity index (χ1) is 29.4. The molecule has 16 nitrogen and oxygen atoms in total. The number of urea groups is 1. The van der Waals surface area contributed by atoms with Gasteiger partial charge in [0, 0.05) is 77.8 Å². The van der Waals surface area contributed by atoms with Gasteiger partial charge in [-0.15, -0.1) is 0 Å². The zero-order chi connectivity index (χ0) is 42.3. The molecule has 8 atom stereocenters. The molecule has 17 heteroatoms. The topological polar surface area (TPSA) is 241 Å². The van der Waals surface area contributed by atoms with E-state index >= 15 is 0 Å². The van der Waals surface area contributed by atoms with Crippen molar-refractivity contribution < 1.29 is 33.0 Å². The van der Waals surface area contributed by atoms with Crippen molar-refractivity contribution in [2.24, 2.45) is 32.8 Å². The number of aliphatic hydroxyl groups is 2. The van der Waals surface area contributed by atoms with Gasteiger partial charge in [0.1, 0.15) is 5.69 Å². The van der Waals surface area contributed by atoms with Crippen LogP contribution < -0.4 is 31.3 Å². The number of sulfonamides is 1. The summed E-state index contributed by atoms with van der Waals surface area (Å²) >= 11 is 0. The minimum atomic E-state index is -3.87. The van der Waals surface area contributed by atoms with Gasteiger partial charge in [-0.3, -0.25) is 14.6 Å². The minimum Gasteiger partial charge on any atom is -0.390 e. The lowest BCUT2D eigenvalue weighted by atomic mass is 9.90. The molecule has 10 rings (SSSR count). The summed E-state index contributed by atoms with van der Waals surface area (Å²) in [6.07, 6.45) is 2.54. The molecule has 4 aromatic rings. The van der Waals surface area contributed by atoms with Crippen molar-refractivity contribution in [3.8, 4) is 0 Å². The van der Waals surface area contributed by atoms with E-state index in [4.69, 9.17) is 20.1 Å². The van der Waals surface area contributed by atoms with Gasteiger partial charge in [0.25, 0.3) is 0 Å². The van der Waals surface area contributed by atoms with Crippen LogP contribution in [0.15, 0.2) is 106 Å². The molecular weight excluding hydrogens is 799 g/mol. The Labute approximate surface area is 351 Å². The maximum atomic E-state index is 13.1. The molecule has 0 radical (unpaired) electrons. The fraction of sp³-hybridized carbons (Fsp3) is 0.364. The zero-order valence-corrected chi connectivity index (χ0v) is 33.8. The number of Topliss-reactive ketones (excluding diaryl/α,β-unsaturated/α-hetero) is 1. The number of carbonyl (C=O) groups excluding carboxylic acids is 3. The lowest BCUT2D eigenvalue weighted by Crippen LogP contribution is -2.40. The quantitative estimate of drug-likeness (QED) is 0.122. The summed E-state index contributed by atoms with van der Waals surface area (Å²) in [7, 11) is -3.87. The Bertz CT molecular complexity index is 2570. The van der Waals surface area contributed by atoms with Gasteiger partial charge in [-0.2, -0.15) is 4.98 Å². The number of aromatic nitrogens is 2. The average Bonchev–Trinajstić information content (AvgIpc) is 4.05. The van der Waals surface area contributed by atoms with Gasteiger partial charge in [-0.1, -0.05) is 60.7 Å². The fourth-order valence-corrected chi connectivity index (χ4v) is 11.1. The third-order valence-electron chi connectivity index (χ3n) is 13.7. The van der Waals surface area contributed by atoms with Gasteiger partial charge in [-0.05, 0) is 60.6 Å². The summed E-state index contributed by atoms with van der Waals surface area (Å²) in [6.45, 7) is 1.34. The van der Waals surface area contributed by atoms with Crippen LogP contribution in [0.5, 0.6) is 0 Å². The molecule has 3 aliphatic heterocycles. The van der Waals surface area contributed by atoms with Crippen molar-refractivity contribution in [1.82, 2.24) is 20.6 Å². The summed E-state index contributed by atoms with van der Waals surface area (Å²) in [4.78, 5) is 55.4. The Morgan fingerprint density at radius 1 is 0.967 bits per heavy atom. The number of hydrogen-bond donors (Lipinski definition) is 7. The van der Waals surface area contributed by atoms with Gasteiger partial charge in [0.2, 0.25) is 21.9 Å². The Balaban J connectivity index is 0.939. The Kier molecular flexibility index (Phi) is 9.35. The molecular formula is C44H45N9O7S. The summed E-state index contributed by atoms with van der Waals surface area (Å²) in [5.41, 5.74) is 2.78. The molecule has 1 saturated heterocycles. The molecule has 1 aromatic heterocycles. The molecule has 314 valence electrons.